The Morgan fingerprint density at radius 1 is 1.46 bits per heavy atom. The van der Waals surface area contributed by atoms with E-state index in [1.165, 1.54) is 0 Å². The predicted molar refractivity (Wildman–Crippen MR) is 57.7 cm³/mol. The van der Waals surface area contributed by atoms with Gasteiger partial charge in [-0.3, -0.25) is 0 Å². The molecule has 0 fully saturated rings. The Labute approximate surface area is 79.1 Å². The van der Waals surface area contributed by atoms with Crippen LogP contribution in [0.5, 0.6) is 0 Å². The van der Waals surface area contributed by atoms with Crippen molar-refractivity contribution in [1.29, 1.82) is 0 Å². The first-order valence-corrected chi connectivity index (χ1v) is 4.62. The number of allylic oxidation sites excluding steroid dienone is 1. The molecule has 1 heterocycles. The first-order chi connectivity index (χ1) is 6.20. The van der Waals surface area contributed by atoms with Crippen LogP contribution in [0.2, 0.25) is 0 Å². The van der Waals surface area contributed by atoms with E-state index in [4.69, 9.17) is 4.42 Å². The van der Waals surface area contributed by atoms with Crippen molar-refractivity contribution in [2.24, 2.45) is 0 Å². The summed E-state index contributed by atoms with van der Waals surface area (Å²) in [5.41, 5.74) is 1.93. The third-order valence-electron chi connectivity index (χ3n) is 1.99. The summed E-state index contributed by atoms with van der Waals surface area (Å²) >= 11 is 0. The van der Waals surface area contributed by atoms with Crippen molar-refractivity contribution in [3.63, 3.8) is 0 Å². The largest absolute Gasteiger partial charge is 0.461 e. The van der Waals surface area contributed by atoms with Crippen molar-refractivity contribution in [1.82, 2.24) is 0 Å². The second-order valence-corrected chi connectivity index (χ2v) is 3.02. The number of furan rings is 1. The molecule has 0 unspecified atom stereocenters. The standard InChI is InChI=1S/C12H16O/c1-5-7-11-9(3)13-10(4)12(11)8-6-2/h6-8H,3,5H2,1-2,4H3/b8-6-,11-7+. The molecule has 0 saturated carbocycles. The normalized spacial score (nSPS) is 13.0. The van der Waals surface area contributed by atoms with Gasteiger partial charge in [-0.05, 0) is 20.3 Å². The first kappa shape index (κ1) is 9.85. The first-order valence-electron chi connectivity index (χ1n) is 4.62. The fraction of sp³-hybridized carbons (Fsp3) is 0.333. The molecule has 0 saturated heterocycles. The quantitative estimate of drug-likeness (QED) is 0.673. The van der Waals surface area contributed by atoms with Crippen molar-refractivity contribution < 1.29 is 4.42 Å². The minimum atomic E-state index is 0.771. The third-order valence-corrected chi connectivity index (χ3v) is 1.99. The van der Waals surface area contributed by atoms with Crippen molar-refractivity contribution in [2.45, 2.75) is 27.2 Å². The Kier molecular flexibility index (Phi) is 3.13. The minimum Gasteiger partial charge on any atom is -0.461 e. The van der Waals surface area contributed by atoms with Gasteiger partial charge in [0.2, 0.25) is 0 Å². The maximum absolute atomic E-state index is 5.46. The molecule has 0 aliphatic heterocycles. The minimum absolute atomic E-state index is 0.771. The Bertz CT molecular complexity index is 407. The van der Waals surface area contributed by atoms with Gasteiger partial charge in [0.1, 0.15) is 11.2 Å². The van der Waals surface area contributed by atoms with Crippen LogP contribution in [-0.4, -0.2) is 0 Å². The Morgan fingerprint density at radius 3 is 2.69 bits per heavy atom. The summed E-state index contributed by atoms with van der Waals surface area (Å²) in [4.78, 5) is 0. The van der Waals surface area contributed by atoms with Crippen LogP contribution >= 0.6 is 0 Å². The molecular weight excluding hydrogens is 160 g/mol. The van der Waals surface area contributed by atoms with Gasteiger partial charge in [0.05, 0.1) is 0 Å². The lowest BCUT2D eigenvalue weighted by molar-refractivity contribution is 0.502. The summed E-state index contributed by atoms with van der Waals surface area (Å²) in [6.07, 6.45) is 7.24. The molecule has 1 heteroatoms. The number of rotatable bonds is 2. The van der Waals surface area contributed by atoms with Gasteiger partial charge in [-0.25, -0.2) is 0 Å². The van der Waals surface area contributed by atoms with Gasteiger partial charge >= 0.3 is 0 Å². The second kappa shape index (κ2) is 4.13. The third kappa shape index (κ3) is 1.92. The Morgan fingerprint density at radius 2 is 2.15 bits per heavy atom. The lowest BCUT2D eigenvalue weighted by Gasteiger charge is -1.87. The molecule has 0 atom stereocenters. The molecule has 13 heavy (non-hydrogen) atoms. The van der Waals surface area contributed by atoms with Gasteiger partial charge in [0.25, 0.3) is 0 Å². The molecule has 0 aromatic carbocycles. The number of aryl methyl sites for hydroxylation is 1. The molecule has 0 radical (unpaired) electrons. The fourth-order valence-corrected chi connectivity index (χ4v) is 1.44. The van der Waals surface area contributed by atoms with Gasteiger partial charge in [-0.1, -0.05) is 31.7 Å². The Hall–Kier alpha value is -1.24. The van der Waals surface area contributed by atoms with Gasteiger partial charge in [0, 0.05) is 10.8 Å². The maximum atomic E-state index is 5.46. The molecule has 1 nitrogen and oxygen atoms in total. The summed E-state index contributed by atoms with van der Waals surface area (Å²) in [6, 6.07) is 0. The molecule has 0 aliphatic rings. The van der Waals surface area contributed by atoms with Gasteiger partial charge in [0.15, 0.2) is 0 Å². The van der Waals surface area contributed by atoms with Crippen molar-refractivity contribution in [2.75, 3.05) is 0 Å². The summed E-state index contributed by atoms with van der Waals surface area (Å²) < 4.78 is 5.46. The number of hydrogen-bond donors (Lipinski definition) is 0. The van der Waals surface area contributed by atoms with Crippen LogP contribution in [0.3, 0.4) is 0 Å². The van der Waals surface area contributed by atoms with E-state index in [1.54, 1.807) is 0 Å². The Balaban J connectivity index is 3.47. The molecule has 0 spiro atoms. The highest BCUT2D eigenvalue weighted by atomic mass is 16.3. The van der Waals surface area contributed by atoms with Crippen LogP contribution < -0.4 is 10.6 Å². The van der Waals surface area contributed by atoms with Crippen LogP contribution in [0.4, 0.5) is 0 Å². The van der Waals surface area contributed by atoms with Gasteiger partial charge < -0.3 is 4.42 Å². The molecule has 0 aliphatic carbocycles. The van der Waals surface area contributed by atoms with E-state index in [2.05, 4.69) is 25.7 Å². The van der Waals surface area contributed by atoms with E-state index in [0.29, 0.717) is 0 Å². The average molecular weight is 176 g/mol. The molecule has 1 aromatic heterocycles. The second-order valence-electron chi connectivity index (χ2n) is 3.02. The molecule has 0 amide bonds. The monoisotopic (exact) mass is 176 g/mol. The summed E-state index contributed by atoms with van der Waals surface area (Å²) in [5, 5.41) is 1.14. The smallest absolute Gasteiger partial charge is 0.127 e. The van der Waals surface area contributed by atoms with E-state index < -0.39 is 0 Å². The van der Waals surface area contributed by atoms with Crippen LogP contribution in [-0.2, 0) is 0 Å². The highest BCUT2D eigenvalue weighted by Gasteiger charge is 2.01. The summed E-state index contributed by atoms with van der Waals surface area (Å²) in [7, 11) is 0. The zero-order valence-corrected chi connectivity index (χ0v) is 8.55. The van der Waals surface area contributed by atoms with E-state index in [9.17, 15) is 0 Å². The van der Waals surface area contributed by atoms with Crippen LogP contribution in [0.25, 0.3) is 18.7 Å². The topological polar surface area (TPSA) is 13.1 Å². The SMILES string of the molecule is C=c1oc(C)c(/C=C\C)/c1=C/CC. The summed E-state index contributed by atoms with van der Waals surface area (Å²) in [5.74, 6) is 0.947. The average Bonchev–Trinajstić information content (AvgIpc) is 2.33. The van der Waals surface area contributed by atoms with Crippen molar-refractivity contribution in [3.8, 4) is 0 Å². The zero-order chi connectivity index (χ0) is 9.84. The molecule has 0 bridgehead atoms. The highest BCUT2D eigenvalue weighted by Crippen LogP contribution is 2.02. The predicted octanol–water partition coefficient (Wildman–Crippen LogP) is 2.22. The molecule has 70 valence electrons. The van der Waals surface area contributed by atoms with Gasteiger partial charge in [-0.2, -0.15) is 0 Å². The zero-order valence-electron chi connectivity index (χ0n) is 8.55. The van der Waals surface area contributed by atoms with Crippen LogP contribution in [0.1, 0.15) is 31.6 Å². The lowest BCUT2D eigenvalue weighted by Crippen LogP contribution is -2.19. The van der Waals surface area contributed by atoms with Crippen LogP contribution in [0.15, 0.2) is 10.5 Å². The summed E-state index contributed by atoms with van der Waals surface area (Å²) in [6.45, 7) is 9.96. The van der Waals surface area contributed by atoms with Crippen molar-refractivity contribution in [3.05, 3.63) is 28.0 Å². The van der Waals surface area contributed by atoms with E-state index in [1.807, 2.05) is 19.9 Å². The molecule has 1 aromatic rings. The molecular formula is C12H16O. The maximum Gasteiger partial charge on any atom is 0.127 e. The highest BCUT2D eigenvalue weighted by molar-refractivity contribution is 5.53. The van der Waals surface area contributed by atoms with E-state index in [0.717, 1.165) is 28.4 Å². The molecule has 1 rings (SSSR count). The van der Waals surface area contributed by atoms with E-state index >= 15 is 0 Å². The fourth-order valence-electron chi connectivity index (χ4n) is 1.44. The van der Waals surface area contributed by atoms with Crippen LogP contribution in [0, 0.1) is 6.92 Å². The van der Waals surface area contributed by atoms with Crippen molar-refractivity contribution >= 4 is 18.7 Å². The van der Waals surface area contributed by atoms with E-state index in [-0.39, 0.29) is 0 Å². The van der Waals surface area contributed by atoms with Gasteiger partial charge in [-0.15, -0.1) is 0 Å². The molecule has 0 N–H and O–H groups in total. The number of hydrogen-bond acceptors (Lipinski definition) is 1. The lowest BCUT2D eigenvalue weighted by atomic mass is 10.2.